The van der Waals surface area contributed by atoms with Crippen LogP contribution in [0.25, 0.3) is 0 Å². The van der Waals surface area contributed by atoms with Gasteiger partial charge in [-0.15, -0.1) is 5.10 Å². The summed E-state index contributed by atoms with van der Waals surface area (Å²) in [5, 5.41) is 4.26. The van der Waals surface area contributed by atoms with Crippen LogP contribution in [0.15, 0.2) is 24.3 Å². The number of carbonyl (C=O) groups excluding carboxylic acids is 1. The number of ether oxygens (including phenoxy) is 1. The summed E-state index contributed by atoms with van der Waals surface area (Å²) in [5.74, 6) is 0.832. The van der Waals surface area contributed by atoms with Gasteiger partial charge >= 0.3 is 0 Å². The van der Waals surface area contributed by atoms with E-state index in [2.05, 4.69) is 15.0 Å². The highest BCUT2D eigenvalue weighted by atomic mass is 35.5. The molecule has 1 aromatic heterocycles. The number of piperazine rings is 1. The number of anilines is 1. The van der Waals surface area contributed by atoms with Crippen molar-refractivity contribution in [1.29, 1.82) is 0 Å². The summed E-state index contributed by atoms with van der Waals surface area (Å²) in [6.45, 7) is 5.27. The Kier molecular flexibility index (Phi) is 4.89. The summed E-state index contributed by atoms with van der Waals surface area (Å²) in [5.41, 5.74) is 1.06. The third-order valence-electron chi connectivity index (χ3n) is 3.97. The Labute approximate surface area is 145 Å². The van der Waals surface area contributed by atoms with Crippen LogP contribution >= 0.6 is 11.6 Å². The second kappa shape index (κ2) is 7.09. The molecule has 128 valence electrons. The lowest BCUT2D eigenvalue weighted by Gasteiger charge is -2.36. The van der Waals surface area contributed by atoms with Gasteiger partial charge in [-0.25, -0.2) is 4.68 Å². The van der Waals surface area contributed by atoms with Crippen molar-refractivity contribution in [3.63, 3.8) is 0 Å². The van der Waals surface area contributed by atoms with Crippen LogP contribution in [0.4, 0.5) is 5.69 Å². The first kappa shape index (κ1) is 16.6. The third kappa shape index (κ3) is 3.31. The number of nitrogens with zero attached hydrogens (tertiary/aromatic N) is 5. The molecule has 0 unspecified atom stereocenters. The largest absolute Gasteiger partial charge is 0.492 e. The second-order valence-corrected chi connectivity index (χ2v) is 5.85. The van der Waals surface area contributed by atoms with Crippen molar-refractivity contribution < 1.29 is 9.53 Å². The number of aryl methyl sites for hydroxylation is 1. The number of para-hydroxylation sites is 2. The average Bonchev–Trinajstić information content (AvgIpc) is 2.94. The lowest BCUT2D eigenvalue weighted by Crippen LogP contribution is -2.49. The number of amides is 1. The Balaban J connectivity index is 1.66. The van der Waals surface area contributed by atoms with E-state index in [1.54, 1.807) is 11.9 Å². The molecular formula is C16H20ClN5O2. The van der Waals surface area contributed by atoms with Crippen molar-refractivity contribution in [3.05, 3.63) is 35.4 Å². The van der Waals surface area contributed by atoms with Gasteiger partial charge in [-0.1, -0.05) is 12.1 Å². The molecular weight excluding hydrogens is 330 g/mol. The molecule has 8 heteroatoms. The van der Waals surface area contributed by atoms with Crippen molar-refractivity contribution in [2.75, 3.05) is 37.7 Å². The molecule has 2 aromatic rings. The van der Waals surface area contributed by atoms with Gasteiger partial charge in [0, 0.05) is 33.2 Å². The first-order valence-corrected chi connectivity index (χ1v) is 8.30. The van der Waals surface area contributed by atoms with E-state index in [4.69, 9.17) is 16.3 Å². The maximum absolute atomic E-state index is 12.5. The summed E-state index contributed by atoms with van der Waals surface area (Å²) < 4.78 is 7.08. The normalized spacial score (nSPS) is 14.8. The van der Waals surface area contributed by atoms with Crippen LogP contribution in [-0.2, 0) is 7.05 Å². The molecule has 1 fully saturated rings. The van der Waals surface area contributed by atoms with E-state index in [-0.39, 0.29) is 17.0 Å². The van der Waals surface area contributed by atoms with E-state index in [0.29, 0.717) is 19.7 Å². The maximum Gasteiger partial charge on any atom is 0.293 e. The number of rotatable bonds is 4. The van der Waals surface area contributed by atoms with Gasteiger partial charge in [0.05, 0.1) is 12.3 Å². The van der Waals surface area contributed by atoms with Crippen molar-refractivity contribution in [2.24, 2.45) is 7.05 Å². The molecule has 0 spiro atoms. The first-order valence-electron chi connectivity index (χ1n) is 7.92. The number of hydrogen-bond donors (Lipinski definition) is 0. The number of hydrogen-bond acceptors (Lipinski definition) is 5. The summed E-state index contributed by atoms with van der Waals surface area (Å²) in [6.07, 6.45) is 0. The van der Waals surface area contributed by atoms with Gasteiger partial charge in [-0.05, 0) is 30.7 Å². The van der Waals surface area contributed by atoms with Crippen LogP contribution in [0.1, 0.15) is 17.5 Å². The topological polar surface area (TPSA) is 63.5 Å². The summed E-state index contributed by atoms with van der Waals surface area (Å²) in [4.78, 5) is 20.4. The molecule has 0 N–H and O–H groups in total. The minimum absolute atomic E-state index is 0.144. The maximum atomic E-state index is 12.5. The van der Waals surface area contributed by atoms with Crippen LogP contribution in [-0.4, -0.2) is 58.4 Å². The van der Waals surface area contributed by atoms with E-state index in [1.165, 1.54) is 4.68 Å². The SMILES string of the molecule is CCOc1ccccc1N1CCN(C(=O)c2nc(Cl)n(C)n2)CC1. The number of carbonyl (C=O) groups is 1. The lowest BCUT2D eigenvalue weighted by molar-refractivity contribution is 0.0734. The molecule has 0 atom stereocenters. The van der Waals surface area contributed by atoms with Gasteiger partial charge in [0.15, 0.2) is 0 Å². The fraction of sp³-hybridized carbons (Fsp3) is 0.438. The molecule has 1 aliphatic rings. The molecule has 3 rings (SSSR count). The quantitative estimate of drug-likeness (QED) is 0.842. The number of aromatic nitrogens is 3. The van der Waals surface area contributed by atoms with Crippen LogP contribution in [0, 0.1) is 0 Å². The molecule has 2 heterocycles. The minimum Gasteiger partial charge on any atom is -0.492 e. The van der Waals surface area contributed by atoms with Gasteiger partial charge in [-0.3, -0.25) is 4.79 Å². The van der Waals surface area contributed by atoms with Gasteiger partial charge < -0.3 is 14.5 Å². The van der Waals surface area contributed by atoms with Gasteiger partial charge in [0.1, 0.15) is 5.75 Å². The monoisotopic (exact) mass is 349 g/mol. The van der Waals surface area contributed by atoms with E-state index >= 15 is 0 Å². The van der Waals surface area contributed by atoms with Crippen LogP contribution in [0.2, 0.25) is 5.28 Å². The minimum atomic E-state index is -0.185. The molecule has 1 aromatic carbocycles. The molecule has 1 saturated heterocycles. The molecule has 1 amide bonds. The Morgan fingerprint density at radius 1 is 1.25 bits per heavy atom. The molecule has 1 aliphatic heterocycles. The fourth-order valence-electron chi connectivity index (χ4n) is 2.74. The van der Waals surface area contributed by atoms with Crippen molar-refractivity contribution in [3.8, 4) is 5.75 Å². The molecule has 0 aliphatic carbocycles. The highest BCUT2D eigenvalue weighted by Crippen LogP contribution is 2.28. The Morgan fingerprint density at radius 2 is 1.96 bits per heavy atom. The highest BCUT2D eigenvalue weighted by Gasteiger charge is 2.26. The molecule has 7 nitrogen and oxygen atoms in total. The number of benzene rings is 1. The van der Waals surface area contributed by atoms with E-state index in [0.717, 1.165) is 24.5 Å². The van der Waals surface area contributed by atoms with Crippen LogP contribution in [0.3, 0.4) is 0 Å². The Morgan fingerprint density at radius 3 is 2.58 bits per heavy atom. The molecule has 0 saturated carbocycles. The first-order chi connectivity index (χ1) is 11.6. The fourth-order valence-corrected chi connectivity index (χ4v) is 2.86. The third-order valence-corrected chi connectivity index (χ3v) is 4.30. The van der Waals surface area contributed by atoms with E-state index in [9.17, 15) is 4.79 Å². The van der Waals surface area contributed by atoms with Crippen LogP contribution in [0.5, 0.6) is 5.75 Å². The van der Waals surface area contributed by atoms with Gasteiger partial charge in [0.2, 0.25) is 11.1 Å². The zero-order valence-electron chi connectivity index (χ0n) is 13.8. The Hall–Kier alpha value is -2.28. The van der Waals surface area contributed by atoms with Gasteiger partial charge in [0.25, 0.3) is 5.91 Å². The molecule has 0 bridgehead atoms. The second-order valence-electron chi connectivity index (χ2n) is 5.51. The zero-order valence-corrected chi connectivity index (χ0v) is 14.5. The summed E-state index contributed by atoms with van der Waals surface area (Å²) in [6, 6.07) is 7.97. The zero-order chi connectivity index (χ0) is 17.1. The predicted molar refractivity (Wildman–Crippen MR) is 91.7 cm³/mol. The summed E-state index contributed by atoms with van der Waals surface area (Å²) >= 11 is 5.86. The van der Waals surface area contributed by atoms with Crippen molar-refractivity contribution in [1.82, 2.24) is 19.7 Å². The molecule has 24 heavy (non-hydrogen) atoms. The van der Waals surface area contributed by atoms with Crippen LogP contribution < -0.4 is 9.64 Å². The summed E-state index contributed by atoms with van der Waals surface area (Å²) in [7, 11) is 1.66. The van der Waals surface area contributed by atoms with Crippen molar-refractivity contribution in [2.45, 2.75) is 6.92 Å². The van der Waals surface area contributed by atoms with E-state index in [1.807, 2.05) is 31.2 Å². The lowest BCUT2D eigenvalue weighted by atomic mass is 10.2. The smallest absolute Gasteiger partial charge is 0.293 e. The molecule has 0 radical (unpaired) electrons. The predicted octanol–water partition coefficient (Wildman–Crippen LogP) is 1.83. The number of halogens is 1. The van der Waals surface area contributed by atoms with Gasteiger partial charge in [-0.2, -0.15) is 4.98 Å². The standard InChI is InChI=1S/C16H20ClN5O2/c1-3-24-13-7-5-4-6-12(13)21-8-10-22(11-9-21)15(23)14-18-16(17)20(2)19-14/h4-7H,3,8-11H2,1-2H3. The highest BCUT2D eigenvalue weighted by molar-refractivity contribution is 6.28. The Bertz CT molecular complexity index is 706. The average molecular weight is 350 g/mol. The van der Waals surface area contributed by atoms with Crippen molar-refractivity contribution >= 4 is 23.2 Å². The van der Waals surface area contributed by atoms with E-state index < -0.39 is 0 Å².